The van der Waals surface area contributed by atoms with E-state index in [4.69, 9.17) is 0 Å². The zero-order chi connectivity index (χ0) is 18.5. The molecular weight excluding hydrogens is 332 g/mol. The van der Waals surface area contributed by atoms with Crippen LogP contribution in [0.5, 0.6) is 0 Å². The molecule has 0 unspecified atom stereocenters. The lowest BCUT2D eigenvalue weighted by molar-refractivity contribution is -0.384. The van der Waals surface area contributed by atoms with Gasteiger partial charge in [-0.05, 0) is 31.0 Å². The quantitative estimate of drug-likeness (QED) is 0.589. The minimum atomic E-state index is -0.460. The summed E-state index contributed by atoms with van der Waals surface area (Å²) in [5, 5.41) is 11.1. The molecule has 0 aliphatic carbocycles. The Morgan fingerprint density at radius 1 is 1.27 bits per heavy atom. The van der Waals surface area contributed by atoms with Crippen LogP contribution in [0.15, 0.2) is 42.6 Å². The van der Waals surface area contributed by atoms with E-state index < -0.39 is 4.92 Å². The Labute approximate surface area is 152 Å². The van der Waals surface area contributed by atoms with Crippen LogP contribution in [0, 0.1) is 10.1 Å². The highest BCUT2D eigenvalue weighted by atomic mass is 16.6. The largest absolute Gasteiger partial charge is 0.371 e. The second-order valence-corrected chi connectivity index (χ2v) is 6.45. The molecule has 0 radical (unpaired) electrons. The summed E-state index contributed by atoms with van der Waals surface area (Å²) in [6.07, 6.45) is 4.50. The van der Waals surface area contributed by atoms with Crippen molar-refractivity contribution < 1.29 is 9.72 Å². The second kappa shape index (κ2) is 7.95. The molecule has 136 valence electrons. The molecule has 1 saturated heterocycles. The van der Waals surface area contributed by atoms with E-state index in [0.717, 1.165) is 37.3 Å². The first-order valence-corrected chi connectivity index (χ1v) is 8.75. The van der Waals surface area contributed by atoms with Crippen LogP contribution in [-0.2, 0) is 6.42 Å². The van der Waals surface area contributed by atoms with Gasteiger partial charge in [-0.3, -0.25) is 19.9 Å². The fourth-order valence-corrected chi connectivity index (χ4v) is 3.18. The molecule has 3 rings (SSSR count). The lowest BCUT2D eigenvalue weighted by Gasteiger charge is -2.24. The average Bonchev–Trinajstić information content (AvgIpc) is 3.20. The first-order valence-electron chi connectivity index (χ1n) is 8.75. The van der Waals surface area contributed by atoms with Gasteiger partial charge in [-0.25, -0.2) is 0 Å². The Balaban J connectivity index is 1.81. The number of rotatable bonds is 6. The van der Waals surface area contributed by atoms with E-state index in [1.165, 1.54) is 12.1 Å². The number of likely N-dealkylation sites (N-methyl/N-ethyl adjacent to an activating group) is 1. The maximum absolute atomic E-state index is 13.0. The SMILES string of the molecule is CN(CCc1ccccn1)C(=O)c1cc([N+](=O)[O-])ccc1N1CCCC1. The lowest BCUT2D eigenvalue weighted by atomic mass is 10.1. The Bertz CT molecular complexity index is 789. The van der Waals surface area contributed by atoms with E-state index in [1.54, 1.807) is 24.2 Å². The van der Waals surface area contributed by atoms with Gasteiger partial charge in [0.2, 0.25) is 0 Å². The smallest absolute Gasteiger partial charge is 0.270 e. The molecule has 1 aliphatic rings. The molecule has 1 fully saturated rings. The van der Waals surface area contributed by atoms with Crippen molar-refractivity contribution in [3.63, 3.8) is 0 Å². The molecule has 1 aliphatic heterocycles. The average molecular weight is 354 g/mol. The molecule has 7 nitrogen and oxygen atoms in total. The van der Waals surface area contributed by atoms with E-state index in [0.29, 0.717) is 18.5 Å². The zero-order valence-electron chi connectivity index (χ0n) is 14.8. The van der Waals surface area contributed by atoms with Gasteiger partial charge >= 0.3 is 0 Å². The van der Waals surface area contributed by atoms with Gasteiger partial charge in [-0.1, -0.05) is 6.07 Å². The summed E-state index contributed by atoms with van der Waals surface area (Å²) >= 11 is 0. The topological polar surface area (TPSA) is 79.6 Å². The molecule has 0 atom stereocenters. The predicted molar refractivity (Wildman–Crippen MR) is 99.4 cm³/mol. The fraction of sp³-hybridized carbons (Fsp3) is 0.368. The number of benzene rings is 1. The number of aromatic nitrogens is 1. The van der Waals surface area contributed by atoms with Crippen molar-refractivity contribution in [2.24, 2.45) is 0 Å². The van der Waals surface area contributed by atoms with Crippen molar-refractivity contribution in [3.8, 4) is 0 Å². The maximum Gasteiger partial charge on any atom is 0.270 e. The van der Waals surface area contributed by atoms with Crippen LogP contribution in [0.2, 0.25) is 0 Å². The number of carbonyl (C=O) groups is 1. The third-order valence-corrected chi connectivity index (χ3v) is 4.64. The molecule has 26 heavy (non-hydrogen) atoms. The highest BCUT2D eigenvalue weighted by molar-refractivity contribution is 6.00. The van der Waals surface area contributed by atoms with Gasteiger partial charge in [0.05, 0.1) is 16.2 Å². The molecule has 2 aromatic rings. The standard InChI is InChI=1S/C19H22N4O3/c1-21(13-9-15-6-2-3-10-20-15)19(24)17-14-16(23(25)26)7-8-18(17)22-11-4-5-12-22/h2-3,6-8,10,14H,4-5,9,11-13H2,1H3. The van der Waals surface area contributed by atoms with Gasteiger partial charge in [-0.15, -0.1) is 0 Å². The van der Waals surface area contributed by atoms with E-state index in [1.807, 2.05) is 18.2 Å². The van der Waals surface area contributed by atoms with E-state index in [-0.39, 0.29) is 11.6 Å². The summed E-state index contributed by atoms with van der Waals surface area (Å²) in [5.74, 6) is -0.202. The normalized spacial score (nSPS) is 13.7. The number of nitrogens with zero attached hydrogens (tertiary/aromatic N) is 4. The monoisotopic (exact) mass is 354 g/mol. The summed E-state index contributed by atoms with van der Waals surface area (Å²) in [4.78, 5) is 31.7. The minimum Gasteiger partial charge on any atom is -0.371 e. The Morgan fingerprint density at radius 3 is 2.69 bits per heavy atom. The number of nitro benzene ring substituents is 1. The zero-order valence-corrected chi connectivity index (χ0v) is 14.8. The van der Waals surface area contributed by atoms with Gasteiger partial charge in [-0.2, -0.15) is 0 Å². The number of carbonyl (C=O) groups excluding carboxylic acids is 1. The molecule has 0 bridgehead atoms. The van der Waals surface area contributed by atoms with Crippen LogP contribution >= 0.6 is 0 Å². The number of anilines is 1. The molecule has 1 amide bonds. The molecule has 0 spiro atoms. The van der Waals surface area contributed by atoms with Gasteiger partial charge < -0.3 is 9.80 Å². The van der Waals surface area contributed by atoms with Crippen molar-refractivity contribution in [2.75, 3.05) is 31.6 Å². The number of non-ortho nitro benzene ring substituents is 1. The highest BCUT2D eigenvalue weighted by Gasteiger charge is 2.24. The third-order valence-electron chi connectivity index (χ3n) is 4.64. The molecule has 0 N–H and O–H groups in total. The van der Waals surface area contributed by atoms with Crippen LogP contribution in [-0.4, -0.2) is 47.4 Å². The van der Waals surface area contributed by atoms with Crippen LogP contribution in [0.3, 0.4) is 0 Å². The van der Waals surface area contributed by atoms with E-state index in [9.17, 15) is 14.9 Å². The molecular formula is C19H22N4O3. The molecule has 0 saturated carbocycles. The maximum atomic E-state index is 13.0. The van der Waals surface area contributed by atoms with Gasteiger partial charge in [0.1, 0.15) is 0 Å². The van der Waals surface area contributed by atoms with Gasteiger partial charge in [0.25, 0.3) is 11.6 Å². The van der Waals surface area contributed by atoms with Gasteiger partial charge in [0, 0.05) is 57.1 Å². The lowest BCUT2D eigenvalue weighted by Crippen LogP contribution is -2.31. The molecule has 1 aromatic heterocycles. The van der Waals surface area contributed by atoms with Crippen molar-refractivity contribution in [1.29, 1.82) is 0 Å². The van der Waals surface area contributed by atoms with Crippen molar-refractivity contribution in [1.82, 2.24) is 9.88 Å². The minimum absolute atomic E-state index is 0.0607. The summed E-state index contributed by atoms with van der Waals surface area (Å²) in [7, 11) is 1.72. The summed E-state index contributed by atoms with van der Waals surface area (Å²) < 4.78 is 0. The fourth-order valence-electron chi connectivity index (χ4n) is 3.18. The van der Waals surface area contributed by atoms with Crippen molar-refractivity contribution >= 4 is 17.3 Å². The summed E-state index contributed by atoms with van der Waals surface area (Å²) in [6, 6.07) is 10.2. The highest BCUT2D eigenvalue weighted by Crippen LogP contribution is 2.29. The number of amides is 1. The molecule has 7 heteroatoms. The van der Waals surface area contributed by atoms with Crippen LogP contribution in [0.1, 0.15) is 28.9 Å². The molecule has 1 aromatic carbocycles. The van der Waals surface area contributed by atoms with Crippen LogP contribution < -0.4 is 4.90 Å². The summed E-state index contributed by atoms with van der Waals surface area (Å²) in [6.45, 7) is 2.24. The van der Waals surface area contributed by atoms with Crippen molar-refractivity contribution in [3.05, 3.63) is 64.0 Å². The Kier molecular flexibility index (Phi) is 5.46. The van der Waals surface area contributed by atoms with E-state index in [2.05, 4.69) is 9.88 Å². The first kappa shape index (κ1) is 17.8. The number of hydrogen-bond donors (Lipinski definition) is 0. The molecule has 2 heterocycles. The number of hydrogen-bond acceptors (Lipinski definition) is 5. The summed E-state index contributed by atoms with van der Waals surface area (Å²) in [5.41, 5.74) is 2.02. The van der Waals surface area contributed by atoms with Crippen molar-refractivity contribution in [2.45, 2.75) is 19.3 Å². The Hall–Kier alpha value is -2.96. The van der Waals surface area contributed by atoms with Crippen LogP contribution in [0.25, 0.3) is 0 Å². The van der Waals surface area contributed by atoms with E-state index >= 15 is 0 Å². The van der Waals surface area contributed by atoms with Crippen LogP contribution in [0.4, 0.5) is 11.4 Å². The van der Waals surface area contributed by atoms with Gasteiger partial charge in [0.15, 0.2) is 0 Å². The third kappa shape index (κ3) is 3.99. The Morgan fingerprint density at radius 2 is 2.04 bits per heavy atom. The predicted octanol–water partition coefficient (Wildman–Crippen LogP) is 2.90. The first-order chi connectivity index (χ1) is 12.6. The number of nitro groups is 1. The number of pyridine rings is 1. The second-order valence-electron chi connectivity index (χ2n) is 6.45.